The summed E-state index contributed by atoms with van der Waals surface area (Å²) in [5.74, 6) is 0. The molecule has 1 aromatic carbocycles. The SMILES string of the molecule is Cc1ccc(C(C[N+](=O)[O-])N(C)C)cc1. The summed E-state index contributed by atoms with van der Waals surface area (Å²) in [6.45, 7) is 1.94. The van der Waals surface area contributed by atoms with E-state index in [9.17, 15) is 10.1 Å². The molecule has 1 atom stereocenters. The van der Waals surface area contributed by atoms with E-state index >= 15 is 0 Å². The maximum atomic E-state index is 10.5. The van der Waals surface area contributed by atoms with Crippen molar-refractivity contribution in [3.8, 4) is 0 Å². The van der Waals surface area contributed by atoms with Gasteiger partial charge in [0.05, 0.1) is 6.04 Å². The minimum atomic E-state index is -0.273. The topological polar surface area (TPSA) is 46.4 Å². The molecule has 0 spiro atoms. The van der Waals surface area contributed by atoms with Crippen LogP contribution in [-0.4, -0.2) is 30.5 Å². The highest BCUT2D eigenvalue weighted by Crippen LogP contribution is 2.18. The second-order valence-corrected chi connectivity index (χ2v) is 3.91. The molecule has 0 saturated carbocycles. The Balaban J connectivity index is 2.88. The van der Waals surface area contributed by atoms with Gasteiger partial charge in [-0.1, -0.05) is 29.8 Å². The first kappa shape index (κ1) is 11.7. The molecule has 0 N–H and O–H groups in total. The van der Waals surface area contributed by atoms with Gasteiger partial charge < -0.3 is 0 Å². The summed E-state index contributed by atoms with van der Waals surface area (Å²) in [6, 6.07) is 7.70. The fourth-order valence-corrected chi connectivity index (χ4v) is 1.50. The highest BCUT2D eigenvalue weighted by molar-refractivity contribution is 5.24. The predicted octanol–water partition coefficient (Wildman–Crippen LogP) is 1.87. The van der Waals surface area contributed by atoms with Crippen molar-refractivity contribution in [2.24, 2.45) is 0 Å². The Morgan fingerprint density at radius 1 is 1.33 bits per heavy atom. The van der Waals surface area contributed by atoms with Crippen LogP contribution in [-0.2, 0) is 0 Å². The smallest absolute Gasteiger partial charge is 0.223 e. The quantitative estimate of drug-likeness (QED) is 0.560. The summed E-state index contributed by atoms with van der Waals surface area (Å²) in [5, 5.41) is 10.5. The first-order valence-corrected chi connectivity index (χ1v) is 4.85. The summed E-state index contributed by atoms with van der Waals surface area (Å²) in [4.78, 5) is 12.1. The van der Waals surface area contributed by atoms with Crippen LogP contribution in [0.3, 0.4) is 0 Å². The summed E-state index contributed by atoms with van der Waals surface area (Å²) < 4.78 is 0. The summed E-state index contributed by atoms with van der Waals surface area (Å²) in [7, 11) is 3.71. The van der Waals surface area contributed by atoms with Crippen molar-refractivity contribution in [2.45, 2.75) is 13.0 Å². The molecule has 1 rings (SSSR count). The van der Waals surface area contributed by atoms with E-state index in [2.05, 4.69) is 0 Å². The molecule has 0 aliphatic heterocycles. The Kier molecular flexibility index (Phi) is 3.80. The largest absolute Gasteiger partial charge is 0.297 e. The lowest BCUT2D eigenvalue weighted by Gasteiger charge is -2.20. The fraction of sp³-hybridized carbons (Fsp3) is 0.455. The van der Waals surface area contributed by atoms with Gasteiger partial charge in [-0.05, 0) is 26.6 Å². The summed E-state index contributed by atoms with van der Waals surface area (Å²) in [5.41, 5.74) is 2.15. The molecule has 1 aromatic rings. The number of benzene rings is 1. The third-order valence-corrected chi connectivity index (χ3v) is 2.41. The zero-order valence-corrected chi connectivity index (χ0v) is 9.30. The molecule has 0 aliphatic carbocycles. The molecule has 0 aromatic heterocycles. The normalized spacial score (nSPS) is 12.8. The average molecular weight is 208 g/mol. The van der Waals surface area contributed by atoms with E-state index in [0.717, 1.165) is 11.1 Å². The molecule has 0 fully saturated rings. The van der Waals surface area contributed by atoms with Gasteiger partial charge in [-0.2, -0.15) is 0 Å². The van der Waals surface area contributed by atoms with Gasteiger partial charge in [0.15, 0.2) is 0 Å². The molecule has 0 aliphatic rings. The third kappa shape index (κ3) is 3.32. The lowest BCUT2D eigenvalue weighted by atomic mass is 10.0. The van der Waals surface area contributed by atoms with Crippen molar-refractivity contribution in [1.82, 2.24) is 4.90 Å². The van der Waals surface area contributed by atoms with E-state index in [0.29, 0.717) is 0 Å². The van der Waals surface area contributed by atoms with Crippen molar-refractivity contribution < 1.29 is 4.92 Å². The molecule has 0 radical (unpaired) electrons. The molecule has 1 unspecified atom stereocenters. The number of aryl methyl sites for hydroxylation is 1. The molecule has 4 heteroatoms. The Labute approximate surface area is 89.7 Å². The van der Waals surface area contributed by atoms with E-state index in [1.54, 1.807) is 0 Å². The minimum absolute atomic E-state index is 0.0595. The van der Waals surface area contributed by atoms with Crippen LogP contribution in [0.2, 0.25) is 0 Å². The molecule has 82 valence electrons. The second-order valence-electron chi connectivity index (χ2n) is 3.91. The lowest BCUT2D eigenvalue weighted by Crippen LogP contribution is -2.26. The van der Waals surface area contributed by atoms with Crippen molar-refractivity contribution in [3.63, 3.8) is 0 Å². The molecule has 4 nitrogen and oxygen atoms in total. The highest BCUT2D eigenvalue weighted by Gasteiger charge is 2.19. The van der Waals surface area contributed by atoms with Crippen molar-refractivity contribution in [1.29, 1.82) is 0 Å². The average Bonchev–Trinajstić information content (AvgIpc) is 2.15. The Bertz CT molecular complexity index is 333. The van der Waals surface area contributed by atoms with Crippen LogP contribution in [0.15, 0.2) is 24.3 Å². The maximum absolute atomic E-state index is 10.5. The van der Waals surface area contributed by atoms with Crippen LogP contribution in [0, 0.1) is 17.0 Å². The van der Waals surface area contributed by atoms with Gasteiger partial charge in [-0.15, -0.1) is 0 Å². The van der Waals surface area contributed by atoms with Gasteiger partial charge in [0, 0.05) is 4.92 Å². The van der Waals surface area contributed by atoms with Crippen molar-refractivity contribution >= 4 is 0 Å². The maximum Gasteiger partial charge on any atom is 0.223 e. The van der Waals surface area contributed by atoms with E-state index < -0.39 is 0 Å². The number of hydrogen-bond donors (Lipinski definition) is 0. The van der Waals surface area contributed by atoms with Gasteiger partial charge in [0.25, 0.3) is 0 Å². The lowest BCUT2D eigenvalue weighted by molar-refractivity contribution is -0.487. The van der Waals surface area contributed by atoms with Crippen LogP contribution in [0.4, 0.5) is 0 Å². The fourth-order valence-electron chi connectivity index (χ4n) is 1.50. The van der Waals surface area contributed by atoms with Crippen molar-refractivity contribution in [2.75, 3.05) is 20.6 Å². The number of hydrogen-bond acceptors (Lipinski definition) is 3. The minimum Gasteiger partial charge on any atom is -0.297 e. The Morgan fingerprint density at radius 3 is 2.27 bits per heavy atom. The van der Waals surface area contributed by atoms with Gasteiger partial charge in [-0.25, -0.2) is 0 Å². The van der Waals surface area contributed by atoms with Crippen LogP contribution in [0.1, 0.15) is 17.2 Å². The van der Waals surface area contributed by atoms with Crippen LogP contribution in [0.25, 0.3) is 0 Å². The third-order valence-electron chi connectivity index (χ3n) is 2.41. The number of likely N-dealkylation sites (N-methyl/N-ethyl adjacent to an activating group) is 1. The van der Waals surface area contributed by atoms with E-state index in [1.807, 2.05) is 50.2 Å². The molecule has 0 bridgehead atoms. The first-order chi connectivity index (χ1) is 7.00. The molecule has 0 amide bonds. The van der Waals surface area contributed by atoms with Gasteiger partial charge in [0.1, 0.15) is 0 Å². The molecular formula is C11H16N2O2. The Hall–Kier alpha value is -1.42. The van der Waals surface area contributed by atoms with Gasteiger partial charge in [0.2, 0.25) is 6.54 Å². The number of nitro groups is 1. The molecule has 15 heavy (non-hydrogen) atoms. The predicted molar refractivity (Wildman–Crippen MR) is 59.5 cm³/mol. The van der Waals surface area contributed by atoms with Gasteiger partial charge in [-0.3, -0.25) is 15.0 Å². The van der Waals surface area contributed by atoms with Gasteiger partial charge >= 0.3 is 0 Å². The molecular weight excluding hydrogens is 192 g/mol. The summed E-state index contributed by atoms with van der Waals surface area (Å²) >= 11 is 0. The second kappa shape index (κ2) is 4.89. The van der Waals surface area contributed by atoms with Crippen LogP contribution in [0.5, 0.6) is 0 Å². The summed E-state index contributed by atoms with van der Waals surface area (Å²) in [6.07, 6.45) is 0. The molecule has 0 heterocycles. The van der Waals surface area contributed by atoms with Crippen LogP contribution < -0.4 is 0 Å². The monoisotopic (exact) mass is 208 g/mol. The number of nitrogens with zero attached hydrogens (tertiary/aromatic N) is 2. The van der Waals surface area contributed by atoms with E-state index in [1.165, 1.54) is 0 Å². The first-order valence-electron chi connectivity index (χ1n) is 4.85. The molecule has 0 saturated heterocycles. The Morgan fingerprint density at radius 2 is 1.87 bits per heavy atom. The van der Waals surface area contributed by atoms with E-state index in [4.69, 9.17) is 0 Å². The van der Waals surface area contributed by atoms with E-state index in [-0.39, 0.29) is 17.5 Å². The standard InChI is InChI=1S/C11H16N2O2/c1-9-4-6-10(7-5-9)11(12(2)3)8-13(14)15/h4-7,11H,8H2,1-3H3. The van der Waals surface area contributed by atoms with Crippen molar-refractivity contribution in [3.05, 3.63) is 45.5 Å². The van der Waals surface area contributed by atoms with Crippen LogP contribution >= 0.6 is 0 Å². The zero-order valence-electron chi connectivity index (χ0n) is 9.30. The zero-order chi connectivity index (χ0) is 11.4. The number of rotatable bonds is 4. The highest BCUT2D eigenvalue weighted by atomic mass is 16.6.